The highest BCUT2D eigenvalue weighted by Gasteiger charge is 2.24. The summed E-state index contributed by atoms with van der Waals surface area (Å²) in [4.78, 5) is 3.11. The molecule has 0 saturated heterocycles. The largest absolute Gasteiger partial charge is 0.497 e. The molecule has 1 aromatic carbocycles. The Morgan fingerprint density at radius 2 is 2.32 bits per heavy atom. The van der Waals surface area contributed by atoms with Gasteiger partial charge in [0.2, 0.25) is 0 Å². The van der Waals surface area contributed by atoms with Crippen LogP contribution >= 0.6 is 24.6 Å². The smallest absolute Gasteiger partial charge is 0.177 e. The number of hydrogen-bond donors (Lipinski definition) is 2. The Morgan fingerprint density at radius 3 is 3.05 bits per heavy atom. The lowest BCUT2D eigenvalue weighted by Crippen LogP contribution is -2.26. The number of nitrogens with zero attached hydrogens (tertiary/aromatic N) is 1. The standard InChI is InChI=1S/C15H19N3O2S.ClH/c1-19-13-2-3-14-10(7-13)6-12(9-20-14)18-11(4-5-16)8-17-15(18)21;/h2-3,7-8,12H,4-6,9,16H2,1H3,(H,17,21);1H/t12-;/m0./s1. The van der Waals surface area contributed by atoms with Gasteiger partial charge in [0.25, 0.3) is 0 Å². The van der Waals surface area contributed by atoms with E-state index >= 15 is 0 Å². The minimum Gasteiger partial charge on any atom is -0.497 e. The van der Waals surface area contributed by atoms with Crippen LogP contribution in [0.4, 0.5) is 0 Å². The number of methoxy groups -OCH3 is 1. The lowest BCUT2D eigenvalue weighted by atomic mass is 10.0. The van der Waals surface area contributed by atoms with Gasteiger partial charge in [-0.15, -0.1) is 12.4 Å². The van der Waals surface area contributed by atoms with Crippen molar-refractivity contribution in [3.05, 3.63) is 40.4 Å². The van der Waals surface area contributed by atoms with Crippen LogP contribution < -0.4 is 15.2 Å². The molecule has 1 aliphatic heterocycles. The summed E-state index contributed by atoms with van der Waals surface area (Å²) in [5.41, 5.74) is 7.95. The first kappa shape index (κ1) is 16.9. The van der Waals surface area contributed by atoms with Crippen LogP contribution in [0.3, 0.4) is 0 Å². The second-order valence-electron chi connectivity index (χ2n) is 5.14. The lowest BCUT2D eigenvalue weighted by Gasteiger charge is -2.28. The number of halogens is 1. The summed E-state index contributed by atoms with van der Waals surface area (Å²) in [5, 5.41) is 0. The SMILES string of the molecule is COc1ccc2c(c1)C[C@H](n1c(CCN)c[nH]c1=S)CO2.Cl. The second kappa shape index (κ2) is 7.17. The average molecular weight is 342 g/mol. The van der Waals surface area contributed by atoms with Gasteiger partial charge in [-0.2, -0.15) is 0 Å². The van der Waals surface area contributed by atoms with Gasteiger partial charge in [0.15, 0.2) is 4.77 Å². The molecule has 0 unspecified atom stereocenters. The Labute approximate surface area is 140 Å². The zero-order chi connectivity index (χ0) is 14.8. The Hall–Kier alpha value is -1.50. The van der Waals surface area contributed by atoms with Crippen LogP contribution in [0.1, 0.15) is 17.3 Å². The Balaban J connectivity index is 0.00000176. The van der Waals surface area contributed by atoms with Crippen molar-refractivity contribution in [1.29, 1.82) is 0 Å². The summed E-state index contributed by atoms with van der Waals surface area (Å²) in [6.07, 6.45) is 3.61. The summed E-state index contributed by atoms with van der Waals surface area (Å²) in [6.45, 7) is 1.22. The molecule has 0 fully saturated rings. The van der Waals surface area contributed by atoms with Crippen molar-refractivity contribution >= 4 is 24.6 Å². The molecule has 3 rings (SSSR count). The van der Waals surface area contributed by atoms with Crippen LogP contribution in [0.15, 0.2) is 24.4 Å². The van der Waals surface area contributed by atoms with Gasteiger partial charge >= 0.3 is 0 Å². The summed E-state index contributed by atoms with van der Waals surface area (Å²) >= 11 is 5.40. The van der Waals surface area contributed by atoms with Gasteiger partial charge in [-0.05, 0) is 42.5 Å². The van der Waals surface area contributed by atoms with Crippen LogP contribution in [0, 0.1) is 4.77 Å². The average Bonchev–Trinajstić information content (AvgIpc) is 2.87. The molecule has 0 radical (unpaired) electrons. The quantitative estimate of drug-likeness (QED) is 0.839. The third kappa shape index (κ3) is 3.14. The topological polar surface area (TPSA) is 65.2 Å². The normalized spacial score (nSPS) is 16.4. The molecule has 1 aliphatic rings. The molecule has 5 nitrogen and oxygen atoms in total. The van der Waals surface area contributed by atoms with Crippen molar-refractivity contribution in [2.45, 2.75) is 18.9 Å². The molecule has 0 spiro atoms. The van der Waals surface area contributed by atoms with Crippen LogP contribution in [0.5, 0.6) is 11.5 Å². The predicted molar refractivity (Wildman–Crippen MR) is 90.9 cm³/mol. The Kier molecular flexibility index (Phi) is 5.50. The van der Waals surface area contributed by atoms with Gasteiger partial charge in [-0.25, -0.2) is 0 Å². The minimum atomic E-state index is 0. The number of nitrogens with two attached hydrogens (primary N) is 1. The molecule has 0 amide bonds. The zero-order valence-electron chi connectivity index (χ0n) is 12.4. The highest BCUT2D eigenvalue weighted by Crippen LogP contribution is 2.33. The molecule has 0 saturated carbocycles. The molecular formula is C15H20ClN3O2S. The van der Waals surface area contributed by atoms with E-state index in [9.17, 15) is 0 Å². The number of aromatic nitrogens is 2. The van der Waals surface area contributed by atoms with Gasteiger partial charge in [0, 0.05) is 24.7 Å². The molecule has 7 heteroatoms. The van der Waals surface area contributed by atoms with E-state index in [1.807, 2.05) is 24.4 Å². The van der Waals surface area contributed by atoms with Crippen molar-refractivity contribution in [2.75, 3.05) is 20.3 Å². The van der Waals surface area contributed by atoms with Crippen LogP contribution in [-0.2, 0) is 12.8 Å². The molecule has 0 aliphatic carbocycles. The second-order valence-corrected chi connectivity index (χ2v) is 5.52. The van der Waals surface area contributed by atoms with Gasteiger partial charge in [0.05, 0.1) is 13.2 Å². The molecular weight excluding hydrogens is 322 g/mol. The van der Waals surface area contributed by atoms with Crippen molar-refractivity contribution in [2.24, 2.45) is 5.73 Å². The number of hydrogen-bond acceptors (Lipinski definition) is 4. The molecule has 22 heavy (non-hydrogen) atoms. The van der Waals surface area contributed by atoms with E-state index in [1.165, 1.54) is 0 Å². The fraction of sp³-hybridized carbons (Fsp3) is 0.400. The van der Waals surface area contributed by atoms with Crippen molar-refractivity contribution in [1.82, 2.24) is 9.55 Å². The summed E-state index contributed by atoms with van der Waals surface area (Å²) in [7, 11) is 1.67. The Morgan fingerprint density at radius 1 is 1.50 bits per heavy atom. The van der Waals surface area contributed by atoms with E-state index < -0.39 is 0 Å². The van der Waals surface area contributed by atoms with Crippen LogP contribution in [-0.4, -0.2) is 29.8 Å². The van der Waals surface area contributed by atoms with E-state index in [4.69, 9.17) is 27.4 Å². The summed E-state index contributed by atoms with van der Waals surface area (Å²) in [6, 6.07) is 6.09. The number of imidazole rings is 1. The number of benzene rings is 1. The molecule has 2 heterocycles. The number of ether oxygens (including phenoxy) is 2. The fourth-order valence-corrected chi connectivity index (χ4v) is 3.13. The first-order valence-corrected chi connectivity index (χ1v) is 7.42. The molecule has 1 aromatic heterocycles. The first-order valence-electron chi connectivity index (χ1n) is 7.01. The van der Waals surface area contributed by atoms with E-state index in [0.29, 0.717) is 13.2 Å². The highest BCUT2D eigenvalue weighted by atomic mass is 35.5. The maximum Gasteiger partial charge on any atom is 0.177 e. The maximum absolute atomic E-state index is 5.88. The van der Waals surface area contributed by atoms with Crippen LogP contribution in [0.25, 0.3) is 0 Å². The van der Waals surface area contributed by atoms with E-state index in [0.717, 1.165) is 40.4 Å². The van der Waals surface area contributed by atoms with Crippen molar-refractivity contribution in [3.63, 3.8) is 0 Å². The maximum atomic E-state index is 5.88. The third-order valence-electron chi connectivity index (χ3n) is 3.81. The number of nitrogens with one attached hydrogen (secondary N) is 1. The fourth-order valence-electron chi connectivity index (χ4n) is 2.80. The lowest BCUT2D eigenvalue weighted by molar-refractivity contribution is 0.220. The van der Waals surface area contributed by atoms with Gasteiger partial charge in [0.1, 0.15) is 18.1 Å². The predicted octanol–water partition coefficient (Wildman–Crippen LogP) is 2.65. The number of fused-ring (bicyclic) bond motifs is 1. The van der Waals surface area contributed by atoms with Gasteiger partial charge < -0.3 is 24.8 Å². The molecule has 3 N–H and O–H groups in total. The zero-order valence-corrected chi connectivity index (χ0v) is 14.0. The monoisotopic (exact) mass is 341 g/mol. The number of H-pyrrole nitrogens is 1. The first-order chi connectivity index (χ1) is 10.2. The molecule has 1 atom stereocenters. The van der Waals surface area contributed by atoms with Crippen molar-refractivity contribution < 1.29 is 9.47 Å². The number of aromatic amines is 1. The van der Waals surface area contributed by atoms with E-state index in [1.54, 1.807) is 7.11 Å². The third-order valence-corrected chi connectivity index (χ3v) is 4.13. The minimum absolute atomic E-state index is 0. The van der Waals surface area contributed by atoms with Crippen LogP contribution in [0.2, 0.25) is 0 Å². The van der Waals surface area contributed by atoms with Gasteiger partial charge in [-0.3, -0.25) is 0 Å². The van der Waals surface area contributed by atoms with Gasteiger partial charge in [-0.1, -0.05) is 0 Å². The van der Waals surface area contributed by atoms with Crippen molar-refractivity contribution in [3.8, 4) is 11.5 Å². The molecule has 0 bridgehead atoms. The van der Waals surface area contributed by atoms with E-state index in [2.05, 4.69) is 9.55 Å². The Bertz CT molecular complexity index is 698. The molecule has 2 aromatic rings. The summed E-state index contributed by atoms with van der Waals surface area (Å²) in [5.74, 6) is 1.77. The molecule has 120 valence electrons. The number of rotatable bonds is 4. The highest BCUT2D eigenvalue weighted by molar-refractivity contribution is 7.71. The summed E-state index contributed by atoms with van der Waals surface area (Å²) < 4.78 is 14.0. The van der Waals surface area contributed by atoms with E-state index in [-0.39, 0.29) is 18.4 Å².